The molecular weight excluding hydrogens is 214 g/mol. The van der Waals surface area contributed by atoms with Gasteiger partial charge in [0.25, 0.3) is 0 Å². The number of para-hydroxylation sites is 1. The number of H-pyrrole nitrogens is 1. The van der Waals surface area contributed by atoms with Crippen molar-refractivity contribution >= 4 is 16.7 Å². The van der Waals surface area contributed by atoms with Crippen LogP contribution in [0.5, 0.6) is 0 Å². The number of hydrogen-bond donors (Lipinski definition) is 2. The van der Waals surface area contributed by atoms with Gasteiger partial charge in [-0.1, -0.05) is 6.07 Å². The molecular formula is C13H13N3O. The van der Waals surface area contributed by atoms with Crippen LogP contribution in [0.3, 0.4) is 0 Å². The van der Waals surface area contributed by atoms with Crippen LogP contribution in [0.1, 0.15) is 11.6 Å². The third kappa shape index (κ3) is 1.89. The van der Waals surface area contributed by atoms with Crippen molar-refractivity contribution in [3.8, 4) is 0 Å². The van der Waals surface area contributed by atoms with Gasteiger partial charge in [0.2, 0.25) is 0 Å². The van der Waals surface area contributed by atoms with Crippen LogP contribution in [0.2, 0.25) is 0 Å². The fraction of sp³-hybridized carbons (Fsp3) is 0.154. The number of benzene rings is 1. The second-order valence-electron chi connectivity index (χ2n) is 4.01. The lowest BCUT2D eigenvalue weighted by molar-refractivity contribution is 0.507. The van der Waals surface area contributed by atoms with Gasteiger partial charge in [0.15, 0.2) is 0 Å². The highest BCUT2D eigenvalue weighted by Gasteiger charge is 2.06. The fourth-order valence-corrected chi connectivity index (χ4v) is 1.92. The maximum absolute atomic E-state index is 5.86. The topological polar surface area (TPSA) is 67.8 Å². The van der Waals surface area contributed by atoms with Crippen molar-refractivity contribution in [1.29, 1.82) is 0 Å². The molecule has 0 atom stereocenters. The summed E-state index contributed by atoms with van der Waals surface area (Å²) in [5, 5.41) is 0. The molecule has 0 aliphatic carbocycles. The smallest absolute Gasteiger partial charge is 0.111 e. The van der Waals surface area contributed by atoms with Crippen molar-refractivity contribution in [1.82, 2.24) is 9.97 Å². The van der Waals surface area contributed by atoms with E-state index in [1.807, 2.05) is 30.3 Å². The van der Waals surface area contributed by atoms with Crippen molar-refractivity contribution in [2.75, 3.05) is 5.73 Å². The number of anilines is 1. The monoisotopic (exact) mass is 227 g/mol. The Morgan fingerprint density at radius 1 is 1.18 bits per heavy atom. The molecule has 3 rings (SSSR count). The Kier molecular flexibility index (Phi) is 2.33. The highest BCUT2D eigenvalue weighted by atomic mass is 16.3. The molecule has 3 aromatic rings. The normalized spacial score (nSPS) is 11.1. The fourth-order valence-electron chi connectivity index (χ4n) is 1.92. The lowest BCUT2D eigenvalue weighted by atomic mass is 10.2. The quantitative estimate of drug-likeness (QED) is 0.675. The van der Waals surface area contributed by atoms with Gasteiger partial charge in [-0.3, -0.25) is 0 Å². The Morgan fingerprint density at radius 2 is 2.12 bits per heavy atom. The van der Waals surface area contributed by atoms with E-state index >= 15 is 0 Å². The van der Waals surface area contributed by atoms with Crippen molar-refractivity contribution in [2.45, 2.75) is 12.8 Å². The molecule has 1 aromatic carbocycles. The molecule has 0 radical (unpaired) electrons. The molecule has 4 heteroatoms. The summed E-state index contributed by atoms with van der Waals surface area (Å²) in [6.07, 6.45) is 3.35. The lowest BCUT2D eigenvalue weighted by Crippen LogP contribution is -1.91. The summed E-state index contributed by atoms with van der Waals surface area (Å²) < 4.78 is 5.29. The number of aryl methyl sites for hydroxylation is 2. The van der Waals surface area contributed by atoms with Crippen LogP contribution in [0.15, 0.2) is 41.0 Å². The number of imidazole rings is 1. The molecule has 0 saturated carbocycles. The predicted molar refractivity (Wildman–Crippen MR) is 66.6 cm³/mol. The minimum atomic E-state index is 0.711. The zero-order valence-electron chi connectivity index (χ0n) is 9.31. The van der Waals surface area contributed by atoms with Crippen molar-refractivity contribution < 1.29 is 4.42 Å². The first-order valence-electron chi connectivity index (χ1n) is 5.58. The van der Waals surface area contributed by atoms with Crippen LogP contribution >= 0.6 is 0 Å². The summed E-state index contributed by atoms with van der Waals surface area (Å²) in [5.41, 5.74) is 8.40. The van der Waals surface area contributed by atoms with E-state index in [0.29, 0.717) is 5.69 Å². The number of hydrogen-bond acceptors (Lipinski definition) is 3. The number of nitrogens with two attached hydrogens (primary N) is 1. The van der Waals surface area contributed by atoms with Crippen LogP contribution < -0.4 is 5.73 Å². The number of nitrogens with zero attached hydrogens (tertiary/aromatic N) is 1. The maximum Gasteiger partial charge on any atom is 0.111 e. The summed E-state index contributed by atoms with van der Waals surface area (Å²) in [5.74, 6) is 1.91. The van der Waals surface area contributed by atoms with Crippen LogP contribution in [-0.4, -0.2) is 9.97 Å². The molecule has 0 unspecified atom stereocenters. The molecule has 3 N–H and O–H groups in total. The van der Waals surface area contributed by atoms with Gasteiger partial charge in [0.1, 0.15) is 17.1 Å². The summed E-state index contributed by atoms with van der Waals surface area (Å²) in [6.45, 7) is 0. The van der Waals surface area contributed by atoms with Crippen LogP contribution in [0.25, 0.3) is 11.0 Å². The molecule has 0 fully saturated rings. The lowest BCUT2D eigenvalue weighted by Gasteiger charge is -1.93. The van der Waals surface area contributed by atoms with Gasteiger partial charge in [-0.15, -0.1) is 0 Å². The van der Waals surface area contributed by atoms with Crippen LogP contribution in [0.4, 0.5) is 5.69 Å². The Morgan fingerprint density at radius 3 is 2.88 bits per heavy atom. The van der Waals surface area contributed by atoms with E-state index in [1.54, 1.807) is 6.26 Å². The number of furan rings is 1. The number of aromatic nitrogens is 2. The standard InChI is InChI=1S/C13H13N3O/c14-10-4-1-5-11-13(10)16-12(15-11)7-6-9-3-2-8-17-9/h1-5,8H,6-7,14H2,(H,15,16). The molecule has 0 saturated heterocycles. The van der Waals surface area contributed by atoms with Gasteiger partial charge in [-0.05, 0) is 24.3 Å². The minimum Gasteiger partial charge on any atom is -0.469 e. The maximum atomic E-state index is 5.86. The van der Waals surface area contributed by atoms with E-state index in [0.717, 1.165) is 35.5 Å². The Bertz CT molecular complexity index is 625. The van der Waals surface area contributed by atoms with E-state index < -0.39 is 0 Å². The van der Waals surface area contributed by atoms with E-state index in [9.17, 15) is 0 Å². The number of fused-ring (bicyclic) bond motifs is 1. The molecule has 17 heavy (non-hydrogen) atoms. The van der Waals surface area contributed by atoms with E-state index in [1.165, 1.54) is 0 Å². The second-order valence-corrected chi connectivity index (χ2v) is 4.01. The number of nitrogens with one attached hydrogen (secondary N) is 1. The molecule has 0 spiro atoms. The van der Waals surface area contributed by atoms with Gasteiger partial charge in [-0.25, -0.2) is 4.98 Å². The molecule has 0 aliphatic rings. The van der Waals surface area contributed by atoms with Gasteiger partial charge in [0.05, 0.1) is 17.5 Å². The largest absolute Gasteiger partial charge is 0.469 e. The summed E-state index contributed by atoms with van der Waals surface area (Å²) >= 11 is 0. The zero-order chi connectivity index (χ0) is 11.7. The number of aromatic amines is 1. The van der Waals surface area contributed by atoms with Crippen molar-refractivity contribution in [2.24, 2.45) is 0 Å². The van der Waals surface area contributed by atoms with Crippen molar-refractivity contribution in [3.63, 3.8) is 0 Å². The first kappa shape index (κ1) is 9.96. The molecule has 86 valence electrons. The summed E-state index contributed by atoms with van der Waals surface area (Å²) in [4.78, 5) is 7.76. The van der Waals surface area contributed by atoms with Crippen molar-refractivity contribution in [3.05, 3.63) is 48.2 Å². The SMILES string of the molecule is Nc1cccc2[nH]c(CCc3ccco3)nc12. The third-order valence-electron chi connectivity index (χ3n) is 2.78. The molecule has 2 heterocycles. The highest BCUT2D eigenvalue weighted by molar-refractivity contribution is 5.86. The first-order valence-corrected chi connectivity index (χ1v) is 5.58. The Balaban J connectivity index is 1.84. The van der Waals surface area contributed by atoms with Crippen LogP contribution in [0, 0.1) is 0 Å². The second kappa shape index (κ2) is 3.97. The molecule has 0 amide bonds. The summed E-state index contributed by atoms with van der Waals surface area (Å²) in [6, 6.07) is 9.63. The highest BCUT2D eigenvalue weighted by Crippen LogP contribution is 2.18. The van der Waals surface area contributed by atoms with Gasteiger partial charge in [0, 0.05) is 12.8 Å². The number of nitrogen functional groups attached to an aromatic ring is 1. The van der Waals surface area contributed by atoms with E-state index in [4.69, 9.17) is 10.2 Å². The van der Waals surface area contributed by atoms with E-state index in [-0.39, 0.29) is 0 Å². The Labute approximate surface area is 98.5 Å². The summed E-state index contributed by atoms with van der Waals surface area (Å²) in [7, 11) is 0. The average Bonchev–Trinajstić information content (AvgIpc) is 2.95. The number of rotatable bonds is 3. The third-order valence-corrected chi connectivity index (χ3v) is 2.78. The molecule has 2 aromatic heterocycles. The first-order chi connectivity index (χ1) is 8.33. The van der Waals surface area contributed by atoms with Crippen LogP contribution in [-0.2, 0) is 12.8 Å². The average molecular weight is 227 g/mol. The molecule has 0 aliphatic heterocycles. The zero-order valence-corrected chi connectivity index (χ0v) is 9.31. The minimum absolute atomic E-state index is 0.711. The predicted octanol–water partition coefficient (Wildman–Crippen LogP) is 2.52. The van der Waals surface area contributed by atoms with E-state index in [2.05, 4.69) is 9.97 Å². The molecule has 0 bridgehead atoms. The Hall–Kier alpha value is -2.23. The van der Waals surface area contributed by atoms with Gasteiger partial charge < -0.3 is 15.1 Å². The molecule has 4 nitrogen and oxygen atoms in total. The van der Waals surface area contributed by atoms with Gasteiger partial charge >= 0.3 is 0 Å². The van der Waals surface area contributed by atoms with Gasteiger partial charge in [-0.2, -0.15) is 0 Å².